The maximum atomic E-state index is 12.5. The number of hydrogen-bond donors (Lipinski definition) is 1. The van der Waals surface area contributed by atoms with Gasteiger partial charge in [0.05, 0.1) is 39.9 Å². The Balaban J connectivity index is 1.67. The molecule has 0 fully saturated rings. The zero-order chi connectivity index (χ0) is 24.1. The van der Waals surface area contributed by atoms with Crippen LogP contribution in [-0.4, -0.2) is 15.7 Å². The summed E-state index contributed by atoms with van der Waals surface area (Å²) in [4.78, 5) is 15.8. The van der Waals surface area contributed by atoms with Crippen molar-refractivity contribution in [2.75, 3.05) is 0 Å². The fourth-order valence-corrected chi connectivity index (χ4v) is 5.80. The largest absolute Gasteiger partial charge is 0.350 e. The molecule has 8 heteroatoms. The molecule has 0 aliphatic carbocycles. The first-order chi connectivity index (χ1) is 16.5. The number of amides is 1. The molecule has 0 unspecified atom stereocenters. The van der Waals surface area contributed by atoms with E-state index in [0.717, 1.165) is 45.2 Å². The fraction of sp³-hybridized carbons (Fsp3) is 0.231. The Morgan fingerprint density at radius 3 is 2.79 bits per heavy atom. The van der Waals surface area contributed by atoms with Crippen molar-refractivity contribution in [3.63, 3.8) is 0 Å². The summed E-state index contributed by atoms with van der Waals surface area (Å²) < 4.78 is 1.86. The lowest BCUT2D eigenvalue weighted by molar-refractivity contribution is -0.120. The molecule has 0 atom stereocenters. The first-order valence-electron chi connectivity index (χ1n) is 11.1. The molecule has 34 heavy (non-hydrogen) atoms. The van der Waals surface area contributed by atoms with Gasteiger partial charge in [0.15, 0.2) is 0 Å². The Kier molecular flexibility index (Phi) is 8.27. The van der Waals surface area contributed by atoms with E-state index in [4.69, 9.17) is 28.3 Å². The van der Waals surface area contributed by atoms with Gasteiger partial charge in [0.25, 0.3) is 0 Å². The molecule has 0 aliphatic heterocycles. The van der Waals surface area contributed by atoms with Crippen LogP contribution in [0.15, 0.2) is 53.9 Å². The molecule has 1 amide bonds. The van der Waals surface area contributed by atoms with Crippen molar-refractivity contribution in [2.24, 2.45) is 0 Å². The number of nitrogens with zero attached hydrogens (tertiary/aromatic N) is 2. The molecule has 4 rings (SSSR count). The first kappa shape index (κ1) is 24.7. The summed E-state index contributed by atoms with van der Waals surface area (Å²) in [5.74, 6) is -0.0260. The number of thiophene rings is 2. The molecule has 0 radical (unpaired) electrons. The summed E-state index contributed by atoms with van der Waals surface area (Å²) >= 11 is 16.0. The van der Waals surface area contributed by atoms with Crippen LogP contribution in [0, 0.1) is 6.92 Å². The maximum absolute atomic E-state index is 12.5. The van der Waals surface area contributed by atoms with Crippen molar-refractivity contribution in [2.45, 2.75) is 39.7 Å². The fourth-order valence-electron chi connectivity index (χ4n) is 3.58. The van der Waals surface area contributed by atoms with Crippen LogP contribution in [-0.2, 0) is 17.8 Å². The Hall–Kier alpha value is -2.38. The van der Waals surface area contributed by atoms with Gasteiger partial charge < -0.3 is 5.32 Å². The van der Waals surface area contributed by atoms with Gasteiger partial charge in [-0.2, -0.15) is 5.10 Å². The summed E-state index contributed by atoms with van der Waals surface area (Å²) in [5.41, 5.74) is 3.52. The van der Waals surface area contributed by atoms with E-state index in [0.29, 0.717) is 23.0 Å². The third kappa shape index (κ3) is 5.81. The molecular weight excluding hydrogens is 505 g/mol. The van der Waals surface area contributed by atoms with Gasteiger partial charge in [-0.3, -0.25) is 4.79 Å². The summed E-state index contributed by atoms with van der Waals surface area (Å²) in [7, 11) is 0. The third-order valence-corrected chi connectivity index (χ3v) is 7.80. The third-order valence-electron chi connectivity index (χ3n) is 5.32. The normalized spacial score (nSPS) is 11.4. The van der Waals surface area contributed by atoms with Gasteiger partial charge in [-0.1, -0.05) is 48.7 Å². The molecular formula is C26H25Cl2N3OS2. The molecule has 176 valence electrons. The van der Waals surface area contributed by atoms with Gasteiger partial charge in [-0.05, 0) is 61.2 Å². The topological polar surface area (TPSA) is 46.9 Å². The van der Waals surface area contributed by atoms with Gasteiger partial charge in [-0.25, -0.2) is 4.68 Å². The van der Waals surface area contributed by atoms with E-state index in [1.807, 2.05) is 35.2 Å². The highest BCUT2D eigenvalue weighted by molar-refractivity contribution is 7.16. The van der Waals surface area contributed by atoms with E-state index < -0.39 is 0 Å². The lowest BCUT2D eigenvalue weighted by Gasteiger charge is -2.09. The van der Waals surface area contributed by atoms with Gasteiger partial charge in [0.2, 0.25) is 5.91 Å². The summed E-state index contributed by atoms with van der Waals surface area (Å²) in [6.45, 7) is 4.55. The Morgan fingerprint density at radius 1 is 1.21 bits per heavy atom. The number of aromatic nitrogens is 2. The van der Waals surface area contributed by atoms with Gasteiger partial charge in [0, 0.05) is 20.3 Å². The van der Waals surface area contributed by atoms with E-state index in [1.54, 1.807) is 34.8 Å². The van der Waals surface area contributed by atoms with Crippen LogP contribution in [0.1, 0.15) is 40.8 Å². The number of nitrogens with one attached hydrogen (secondary N) is 1. The molecule has 0 spiro atoms. The monoisotopic (exact) mass is 529 g/mol. The minimum atomic E-state index is -0.0260. The van der Waals surface area contributed by atoms with Crippen molar-refractivity contribution in [1.82, 2.24) is 15.1 Å². The van der Waals surface area contributed by atoms with Crippen molar-refractivity contribution in [3.8, 4) is 16.3 Å². The van der Waals surface area contributed by atoms with Crippen molar-refractivity contribution in [3.05, 3.63) is 85.0 Å². The number of carbonyl (C=O) groups is 1. The highest BCUT2D eigenvalue weighted by atomic mass is 35.5. The molecule has 3 heterocycles. The summed E-state index contributed by atoms with van der Waals surface area (Å²) in [6.07, 6.45) is 6.90. The second-order valence-electron chi connectivity index (χ2n) is 7.85. The Labute approximate surface area is 217 Å². The highest BCUT2D eigenvalue weighted by Crippen LogP contribution is 2.36. The molecule has 0 aliphatic rings. The second kappa shape index (κ2) is 11.4. The SMILES string of the molecule is CCC/C=C/c1ccc(-c2c(C)c(CNC(=O)Cc3cccs3)nn2-c2ccc(Cl)cc2Cl)s1. The van der Waals surface area contributed by atoms with Crippen molar-refractivity contribution in [1.29, 1.82) is 0 Å². The summed E-state index contributed by atoms with van der Waals surface area (Å²) in [6, 6.07) is 13.5. The number of rotatable bonds is 9. The molecule has 1 aromatic carbocycles. The number of halogens is 2. The highest BCUT2D eigenvalue weighted by Gasteiger charge is 2.21. The minimum absolute atomic E-state index is 0.0260. The van der Waals surface area contributed by atoms with Crippen LogP contribution in [0.25, 0.3) is 22.3 Å². The number of allylic oxidation sites excluding steroid dienone is 1. The van der Waals surface area contributed by atoms with E-state index in [2.05, 4.69) is 36.5 Å². The predicted molar refractivity (Wildman–Crippen MR) is 145 cm³/mol. The quantitative estimate of drug-likeness (QED) is 0.239. The first-order valence-corrected chi connectivity index (χ1v) is 13.5. The van der Waals surface area contributed by atoms with E-state index in [9.17, 15) is 4.79 Å². The van der Waals surface area contributed by atoms with Crippen LogP contribution >= 0.6 is 45.9 Å². The molecule has 3 aromatic heterocycles. The Bertz CT molecular complexity index is 1310. The molecule has 4 aromatic rings. The van der Waals surface area contributed by atoms with Gasteiger partial charge >= 0.3 is 0 Å². The van der Waals surface area contributed by atoms with Crippen molar-refractivity contribution >= 4 is 57.9 Å². The molecule has 4 nitrogen and oxygen atoms in total. The van der Waals surface area contributed by atoms with Crippen LogP contribution in [0.5, 0.6) is 0 Å². The van der Waals surface area contributed by atoms with E-state index in [1.165, 1.54) is 4.88 Å². The average Bonchev–Trinajstić information content (AvgIpc) is 3.54. The molecule has 1 N–H and O–H groups in total. The number of benzene rings is 1. The average molecular weight is 531 g/mol. The summed E-state index contributed by atoms with van der Waals surface area (Å²) in [5, 5.41) is 10.9. The number of hydrogen-bond acceptors (Lipinski definition) is 4. The van der Waals surface area contributed by atoms with Crippen LogP contribution in [0.3, 0.4) is 0 Å². The van der Waals surface area contributed by atoms with E-state index in [-0.39, 0.29) is 5.91 Å². The van der Waals surface area contributed by atoms with E-state index >= 15 is 0 Å². The Morgan fingerprint density at radius 2 is 2.06 bits per heavy atom. The second-order valence-corrected chi connectivity index (χ2v) is 10.8. The predicted octanol–water partition coefficient (Wildman–Crippen LogP) is 7.95. The maximum Gasteiger partial charge on any atom is 0.225 e. The van der Waals surface area contributed by atoms with Gasteiger partial charge in [-0.15, -0.1) is 22.7 Å². The molecule has 0 saturated carbocycles. The zero-order valence-corrected chi connectivity index (χ0v) is 22.1. The van der Waals surface area contributed by atoms with Crippen LogP contribution in [0.4, 0.5) is 0 Å². The lowest BCUT2D eigenvalue weighted by Crippen LogP contribution is -2.24. The lowest BCUT2D eigenvalue weighted by atomic mass is 10.1. The van der Waals surface area contributed by atoms with Crippen molar-refractivity contribution < 1.29 is 4.79 Å². The smallest absolute Gasteiger partial charge is 0.225 e. The molecule has 0 bridgehead atoms. The minimum Gasteiger partial charge on any atom is -0.350 e. The van der Waals surface area contributed by atoms with Crippen LogP contribution in [0.2, 0.25) is 10.0 Å². The number of unbranched alkanes of at least 4 members (excludes halogenated alkanes) is 1. The molecule has 0 saturated heterocycles. The number of carbonyl (C=O) groups excluding carboxylic acids is 1. The zero-order valence-electron chi connectivity index (χ0n) is 19.0. The standard InChI is InChI=1S/C26H25Cl2N3OS2/c1-3-4-5-7-19-10-12-24(34-19)26-17(2)22(16-29-25(32)15-20-8-6-13-33-20)30-31(26)23-11-9-18(27)14-21(23)28/h5-14H,3-4,15-16H2,1-2H3,(H,29,32)/b7-5+. The van der Waals surface area contributed by atoms with Crippen LogP contribution < -0.4 is 5.32 Å². The van der Waals surface area contributed by atoms with Gasteiger partial charge in [0.1, 0.15) is 0 Å².